The molecule has 1 atom stereocenters. The fourth-order valence-electron chi connectivity index (χ4n) is 1.63. The van der Waals surface area contributed by atoms with Crippen molar-refractivity contribution in [2.75, 3.05) is 7.05 Å². The Morgan fingerprint density at radius 3 is 2.72 bits per heavy atom. The van der Waals surface area contributed by atoms with Crippen molar-refractivity contribution in [3.05, 3.63) is 47.4 Å². The maximum Gasteiger partial charge on any atom is 0.208 e. The van der Waals surface area contributed by atoms with Gasteiger partial charge in [0.05, 0.1) is 6.61 Å². The molecule has 0 saturated heterocycles. The molecule has 0 spiro atoms. The number of amidine groups is 1. The van der Waals surface area contributed by atoms with Crippen molar-refractivity contribution in [1.82, 2.24) is 10.2 Å². The van der Waals surface area contributed by atoms with Gasteiger partial charge in [0, 0.05) is 13.2 Å². The summed E-state index contributed by atoms with van der Waals surface area (Å²) < 4.78 is 18.7. The van der Waals surface area contributed by atoms with Crippen LogP contribution in [0.5, 0.6) is 0 Å². The van der Waals surface area contributed by atoms with E-state index in [4.69, 9.17) is 10.1 Å². The Bertz CT molecular complexity index is 470. The first kappa shape index (κ1) is 12.6. The van der Waals surface area contributed by atoms with Gasteiger partial charge < -0.3 is 15.0 Å². The van der Waals surface area contributed by atoms with E-state index < -0.39 is 12.2 Å². The summed E-state index contributed by atoms with van der Waals surface area (Å²) in [6.07, 6.45) is 0.639. The molecule has 0 radical (unpaired) electrons. The van der Waals surface area contributed by atoms with Gasteiger partial charge in [-0.25, -0.2) is 4.39 Å². The van der Waals surface area contributed by atoms with Crippen LogP contribution in [0.2, 0.25) is 0 Å². The van der Waals surface area contributed by atoms with E-state index in [0.717, 1.165) is 11.8 Å². The molecule has 96 valence electrons. The third-order valence-electron chi connectivity index (χ3n) is 2.81. The summed E-state index contributed by atoms with van der Waals surface area (Å²) >= 11 is 0. The lowest BCUT2D eigenvalue weighted by atomic mass is 10.2. The van der Waals surface area contributed by atoms with E-state index in [1.54, 1.807) is 7.05 Å². The number of hydrogen-bond acceptors (Lipinski definition) is 3. The molecular formula is C13H16FN3O. The number of likely N-dealkylation sites (N-methyl/N-ethyl adjacent to an activating group) is 1. The lowest BCUT2D eigenvalue weighted by Gasteiger charge is -2.32. The summed E-state index contributed by atoms with van der Waals surface area (Å²) in [5.74, 6) is -0.768. The van der Waals surface area contributed by atoms with Gasteiger partial charge in [-0.05, 0) is 12.5 Å². The predicted octanol–water partition coefficient (Wildman–Crippen LogP) is 2.12. The quantitative estimate of drug-likeness (QED) is 0.862. The van der Waals surface area contributed by atoms with Crippen LogP contribution in [0, 0.1) is 12.3 Å². The molecule has 0 amide bonds. The molecule has 1 heterocycles. The molecule has 2 N–H and O–H groups in total. The number of nitrogens with one attached hydrogen (secondary N) is 2. The minimum atomic E-state index is -0.590. The van der Waals surface area contributed by atoms with Crippen LogP contribution in [-0.4, -0.2) is 24.1 Å². The number of ether oxygens (including phenoxy) is 1. The van der Waals surface area contributed by atoms with Crippen molar-refractivity contribution in [3.63, 3.8) is 0 Å². The highest BCUT2D eigenvalue weighted by Crippen LogP contribution is 2.13. The van der Waals surface area contributed by atoms with Gasteiger partial charge in [-0.3, -0.25) is 5.41 Å². The lowest BCUT2D eigenvalue weighted by molar-refractivity contribution is -0.0448. The van der Waals surface area contributed by atoms with Gasteiger partial charge in [0.1, 0.15) is 0 Å². The number of hydrogen-bond donors (Lipinski definition) is 2. The van der Waals surface area contributed by atoms with Gasteiger partial charge in [0.2, 0.25) is 6.35 Å². The molecule has 4 nitrogen and oxygen atoms in total. The smallest absolute Gasteiger partial charge is 0.208 e. The molecule has 2 rings (SSSR count). The van der Waals surface area contributed by atoms with E-state index in [2.05, 4.69) is 5.32 Å². The Morgan fingerprint density at radius 1 is 1.39 bits per heavy atom. The molecule has 1 aromatic carbocycles. The van der Waals surface area contributed by atoms with Crippen LogP contribution in [0.25, 0.3) is 0 Å². The topological polar surface area (TPSA) is 48.4 Å². The fourth-order valence-corrected chi connectivity index (χ4v) is 1.63. The van der Waals surface area contributed by atoms with Crippen LogP contribution >= 0.6 is 0 Å². The van der Waals surface area contributed by atoms with Gasteiger partial charge in [0.25, 0.3) is 0 Å². The standard InChI is InChI=1S/C13H16FN3O/c1-9-3-5-10(6-4-9)8-18-13-16-7-11(14)12(15)17(13)2/h3-7,13,15-16H,8H2,1-2H3. The van der Waals surface area contributed by atoms with E-state index in [0.29, 0.717) is 6.61 Å². The van der Waals surface area contributed by atoms with Crippen molar-refractivity contribution in [2.45, 2.75) is 19.9 Å². The Kier molecular flexibility index (Phi) is 3.62. The first-order valence-corrected chi connectivity index (χ1v) is 5.68. The Balaban J connectivity index is 1.95. The molecule has 1 aliphatic rings. The molecular weight excluding hydrogens is 233 g/mol. The highest BCUT2D eigenvalue weighted by molar-refractivity contribution is 5.94. The fraction of sp³-hybridized carbons (Fsp3) is 0.308. The van der Waals surface area contributed by atoms with Gasteiger partial charge in [-0.15, -0.1) is 0 Å². The molecule has 1 unspecified atom stereocenters. The van der Waals surface area contributed by atoms with Crippen molar-refractivity contribution in [1.29, 1.82) is 5.41 Å². The van der Waals surface area contributed by atoms with Gasteiger partial charge in [-0.1, -0.05) is 29.8 Å². The third kappa shape index (κ3) is 2.68. The van der Waals surface area contributed by atoms with Crippen LogP contribution in [0.1, 0.15) is 11.1 Å². The van der Waals surface area contributed by atoms with E-state index in [1.165, 1.54) is 10.5 Å². The molecule has 0 aromatic heterocycles. The summed E-state index contributed by atoms with van der Waals surface area (Å²) in [6, 6.07) is 8.00. The van der Waals surface area contributed by atoms with Crippen LogP contribution in [0.15, 0.2) is 36.3 Å². The lowest BCUT2D eigenvalue weighted by Crippen LogP contribution is -2.49. The first-order chi connectivity index (χ1) is 8.58. The molecule has 18 heavy (non-hydrogen) atoms. The predicted molar refractivity (Wildman–Crippen MR) is 67.6 cm³/mol. The number of rotatable bonds is 3. The summed E-state index contributed by atoms with van der Waals surface area (Å²) in [4.78, 5) is 1.41. The summed E-state index contributed by atoms with van der Waals surface area (Å²) in [5.41, 5.74) is 2.23. The van der Waals surface area contributed by atoms with Crippen LogP contribution in [0.4, 0.5) is 4.39 Å². The largest absolute Gasteiger partial charge is 0.346 e. The van der Waals surface area contributed by atoms with Crippen molar-refractivity contribution >= 4 is 5.84 Å². The van der Waals surface area contributed by atoms with E-state index in [-0.39, 0.29) is 5.84 Å². The number of nitrogens with zero attached hydrogens (tertiary/aromatic N) is 1. The highest BCUT2D eigenvalue weighted by atomic mass is 19.1. The number of halogens is 1. The van der Waals surface area contributed by atoms with Crippen molar-refractivity contribution in [2.24, 2.45) is 0 Å². The second-order valence-corrected chi connectivity index (χ2v) is 4.27. The van der Waals surface area contributed by atoms with E-state index in [9.17, 15) is 4.39 Å². The maximum absolute atomic E-state index is 13.1. The van der Waals surface area contributed by atoms with Crippen LogP contribution < -0.4 is 5.32 Å². The van der Waals surface area contributed by atoms with Crippen molar-refractivity contribution < 1.29 is 9.13 Å². The minimum absolute atomic E-state index is 0.178. The average molecular weight is 249 g/mol. The third-order valence-corrected chi connectivity index (χ3v) is 2.81. The molecule has 0 saturated carbocycles. The van der Waals surface area contributed by atoms with E-state index in [1.807, 2.05) is 31.2 Å². The highest BCUT2D eigenvalue weighted by Gasteiger charge is 2.24. The zero-order valence-electron chi connectivity index (χ0n) is 10.4. The zero-order valence-corrected chi connectivity index (χ0v) is 10.4. The summed E-state index contributed by atoms with van der Waals surface area (Å²) in [6.45, 7) is 2.43. The van der Waals surface area contributed by atoms with Gasteiger partial charge in [0.15, 0.2) is 11.7 Å². The number of benzene rings is 1. The molecule has 1 aromatic rings. The first-order valence-electron chi connectivity index (χ1n) is 5.68. The summed E-state index contributed by atoms with van der Waals surface area (Å²) in [5, 5.41) is 10.3. The van der Waals surface area contributed by atoms with Crippen LogP contribution in [-0.2, 0) is 11.3 Å². The van der Waals surface area contributed by atoms with E-state index >= 15 is 0 Å². The van der Waals surface area contributed by atoms with Crippen molar-refractivity contribution in [3.8, 4) is 0 Å². The zero-order chi connectivity index (χ0) is 13.1. The second kappa shape index (κ2) is 5.18. The minimum Gasteiger partial charge on any atom is -0.346 e. The monoisotopic (exact) mass is 249 g/mol. The summed E-state index contributed by atoms with van der Waals surface area (Å²) in [7, 11) is 1.61. The van der Waals surface area contributed by atoms with Gasteiger partial charge in [-0.2, -0.15) is 0 Å². The normalized spacial score (nSPS) is 19.5. The molecule has 0 fully saturated rings. The Morgan fingerprint density at radius 2 is 2.06 bits per heavy atom. The van der Waals surface area contributed by atoms with Gasteiger partial charge >= 0.3 is 0 Å². The number of aryl methyl sites for hydroxylation is 1. The van der Waals surface area contributed by atoms with Crippen LogP contribution in [0.3, 0.4) is 0 Å². The molecule has 0 aliphatic carbocycles. The Labute approximate surface area is 106 Å². The molecule has 0 bridgehead atoms. The Hall–Kier alpha value is -1.88. The molecule has 5 heteroatoms. The average Bonchev–Trinajstić information content (AvgIpc) is 2.37. The second-order valence-electron chi connectivity index (χ2n) is 4.27. The SMILES string of the molecule is Cc1ccc(COC2NC=C(F)C(=N)N2C)cc1. The molecule has 1 aliphatic heterocycles. The maximum atomic E-state index is 13.1.